The van der Waals surface area contributed by atoms with Gasteiger partial charge in [-0.2, -0.15) is 13.5 Å². The van der Waals surface area contributed by atoms with Crippen LogP contribution in [0.4, 0.5) is 5.69 Å². The van der Waals surface area contributed by atoms with Crippen molar-refractivity contribution in [1.29, 1.82) is 0 Å². The third-order valence-electron chi connectivity index (χ3n) is 8.36. The van der Waals surface area contributed by atoms with Crippen LogP contribution in [0.15, 0.2) is 73.1 Å². The maximum Gasteiger partial charge on any atom is 0.327 e. The van der Waals surface area contributed by atoms with Gasteiger partial charge in [-0.1, -0.05) is 36.4 Å². The molecule has 2 amide bonds. The summed E-state index contributed by atoms with van der Waals surface area (Å²) in [5, 5.41) is 15.9. The van der Waals surface area contributed by atoms with Crippen molar-refractivity contribution in [1.82, 2.24) is 15.1 Å². The average Bonchev–Trinajstić information content (AvgIpc) is 3.51. The highest BCUT2D eigenvalue weighted by molar-refractivity contribution is 7.85. The lowest BCUT2D eigenvalue weighted by atomic mass is 9.93. The van der Waals surface area contributed by atoms with Gasteiger partial charge in [0.2, 0.25) is 5.91 Å². The lowest BCUT2D eigenvalue weighted by Gasteiger charge is -2.31. The Morgan fingerprint density at radius 1 is 1.06 bits per heavy atom. The quantitative estimate of drug-likeness (QED) is 0.137. The molecule has 0 radical (unpaired) electrons. The normalized spacial score (nSPS) is 13.4. The molecule has 2 heterocycles. The number of carboxylic acids is 1. The molecular formula is C35H38N4O8S. The number of nitrogens with one attached hydrogen (secondary N) is 1. The minimum absolute atomic E-state index is 0.0601. The smallest absolute Gasteiger partial charge is 0.327 e. The first-order valence-electron chi connectivity index (χ1n) is 15.6. The number of hydrogen-bond donors (Lipinski definition) is 3. The summed E-state index contributed by atoms with van der Waals surface area (Å²) in [5.74, 6) is -2.63. The topological polar surface area (TPSA) is 168 Å². The van der Waals surface area contributed by atoms with Crippen molar-refractivity contribution >= 4 is 33.6 Å². The number of benzene rings is 3. The van der Waals surface area contributed by atoms with Crippen molar-refractivity contribution in [2.45, 2.75) is 52.1 Å². The maximum absolute atomic E-state index is 13.3. The van der Waals surface area contributed by atoms with Crippen LogP contribution >= 0.6 is 0 Å². The predicted octanol–water partition coefficient (Wildman–Crippen LogP) is 4.42. The molecule has 0 aliphatic carbocycles. The number of amides is 2. The van der Waals surface area contributed by atoms with Crippen molar-refractivity contribution < 1.29 is 37.2 Å². The minimum atomic E-state index is -4.63. The van der Waals surface area contributed by atoms with E-state index >= 15 is 0 Å². The minimum Gasteiger partial charge on any atom is -0.493 e. The van der Waals surface area contributed by atoms with Crippen molar-refractivity contribution in [3.05, 3.63) is 101 Å². The van der Waals surface area contributed by atoms with Gasteiger partial charge in [-0.15, -0.1) is 0 Å². The molecule has 3 aromatic carbocycles. The number of rotatable bonds is 13. The standard InChI is InChI=1S/C35H38N4O8S/c1-23-8-3-14-32(24(23)2)47-17-7-15-33(40)39-16-6-12-29-28(11-5-13-31(29)39)27-19-36-38(21-27)20-25-9-4-10-26(18-25)34(41)37-30(35(42)43)22-48(44,45)46/h3-5,8-11,13-14,18-19,21,30H,6-7,12,15-17,20,22H2,1-2H3,(H,37,41)(H,42,43)(H,44,45,46). The Balaban J connectivity index is 1.24. The summed E-state index contributed by atoms with van der Waals surface area (Å²) in [6, 6.07) is 16.5. The number of carbonyl (C=O) groups excluding carboxylic acids is 2. The van der Waals surface area contributed by atoms with Crippen molar-refractivity contribution in [2.24, 2.45) is 0 Å². The van der Waals surface area contributed by atoms with E-state index in [2.05, 4.69) is 10.4 Å². The van der Waals surface area contributed by atoms with Crippen LogP contribution in [0.1, 0.15) is 51.9 Å². The van der Waals surface area contributed by atoms with Crippen LogP contribution in [0.3, 0.4) is 0 Å². The first-order chi connectivity index (χ1) is 22.9. The van der Waals surface area contributed by atoms with Gasteiger partial charge in [0, 0.05) is 36.0 Å². The third-order valence-corrected chi connectivity index (χ3v) is 9.11. The van der Waals surface area contributed by atoms with Crippen LogP contribution in [0, 0.1) is 13.8 Å². The fraction of sp³-hybridized carbons (Fsp3) is 0.314. The summed E-state index contributed by atoms with van der Waals surface area (Å²) in [6.07, 6.45) is 6.29. The molecule has 0 saturated carbocycles. The number of ether oxygens (including phenoxy) is 1. The second-order valence-corrected chi connectivity index (χ2v) is 13.3. The van der Waals surface area contributed by atoms with E-state index in [0.29, 0.717) is 38.1 Å². The van der Waals surface area contributed by atoms with Crippen molar-refractivity contribution in [3.63, 3.8) is 0 Å². The highest BCUT2D eigenvalue weighted by Gasteiger charge is 2.27. The van der Waals surface area contributed by atoms with Crippen LogP contribution in [-0.4, -0.2) is 70.6 Å². The van der Waals surface area contributed by atoms with E-state index < -0.39 is 33.8 Å². The maximum atomic E-state index is 13.3. The number of nitrogens with zero attached hydrogens (tertiary/aromatic N) is 3. The molecule has 252 valence electrons. The molecule has 1 aliphatic heterocycles. The zero-order valence-corrected chi connectivity index (χ0v) is 27.6. The zero-order valence-electron chi connectivity index (χ0n) is 26.8. The average molecular weight is 675 g/mol. The summed E-state index contributed by atoms with van der Waals surface area (Å²) in [7, 11) is -4.63. The van der Waals surface area contributed by atoms with Crippen LogP contribution in [-0.2, 0) is 32.7 Å². The van der Waals surface area contributed by atoms with Gasteiger partial charge < -0.3 is 20.1 Å². The van der Waals surface area contributed by atoms with Gasteiger partial charge in [-0.05, 0) is 85.2 Å². The lowest BCUT2D eigenvalue weighted by molar-refractivity contribution is -0.138. The molecule has 5 rings (SSSR count). The Kier molecular flexibility index (Phi) is 10.6. The molecule has 4 aromatic rings. The summed E-state index contributed by atoms with van der Waals surface area (Å²) >= 11 is 0. The number of aryl methyl sites for hydroxylation is 1. The number of carboxylic acid groups (broad SMARTS) is 1. The van der Waals surface area contributed by atoms with Gasteiger partial charge in [0.1, 0.15) is 17.5 Å². The molecule has 0 fully saturated rings. The van der Waals surface area contributed by atoms with Gasteiger partial charge >= 0.3 is 5.97 Å². The number of anilines is 1. The van der Waals surface area contributed by atoms with E-state index in [1.807, 2.05) is 61.3 Å². The molecule has 1 aliphatic rings. The van der Waals surface area contributed by atoms with Gasteiger partial charge in [-0.3, -0.25) is 18.8 Å². The second-order valence-electron chi connectivity index (χ2n) is 11.8. The van der Waals surface area contributed by atoms with E-state index in [-0.39, 0.29) is 11.5 Å². The third kappa shape index (κ3) is 8.47. The fourth-order valence-corrected chi connectivity index (χ4v) is 6.44. The number of hydrogen-bond acceptors (Lipinski definition) is 7. The summed E-state index contributed by atoms with van der Waals surface area (Å²) in [4.78, 5) is 39.3. The van der Waals surface area contributed by atoms with E-state index in [9.17, 15) is 27.9 Å². The molecule has 0 saturated heterocycles. The molecule has 1 unspecified atom stereocenters. The molecule has 3 N–H and O–H groups in total. The van der Waals surface area contributed by atoms with E-state index in [4.69, 9.17) is 9.29 Å². The van der Waals surface area contributed by atoms with Crippen LogP contribution < -0.4 is 15.0 Å². The van der Waals surface area contributed by atoms with E-state index in [1.165, 1.54) is 11.6 Å². The first-order valence-corrected chi connectivity index (χ1v) is 17.2. The molecule has 0 bridgehead atoms. The highest BCUT2D eigenvalue weighted by atomic mass is 32.2. The fourth-order valence-electron chi connectivity index (χ4n) is 5.79. The highest BCUT2D eigenvalue weighted by Crippen LogP contribution is 2.36. The van der Waals surface area contributed by atoms with Gasteiger partial charge in [0.25, 0.3) is 16.0 Å². The van der Waals surface area contributed by atoms with Crippen LogP contribution in [0.2, 0.25) is 0 Å². The first kappa shape index (κ1) is 34.3. The second kappa shape index (κ2) is 14.8. The summed E-state index contributed by atoms with van der Waals surface area (Å²) < 4.78 is 39.0. The SMILES string of the molecule is Cc1cccc(OCCCC(=O)N2CCCc3c(-c4cnn(Cc5cccc(C(=O)NC(CS(=O)(=O)O)C(=O)O)c5)c4)cccc32)c1C. The van der Waals surface area contributed by atoms with Crippen LogP contribution in [0.25, 0.3) is 11.1 Å². The Hall–Kier alpha value is -5.01. The monoisotopic (exact) mass is 674 g/mol. The van der Waals surface area contributed by atoms with E-state index in [0.717, 1.165) is 46.5 Å². The molecule has 1 atom stereocenters. The molecule has 48 heavy (non-hydrogen) atoms. The largest absolute Gasteiger partial charge is 0.493 e. The lowest BCUT2D eigenvalue weighted by Crippen LogP contribution is -2.45. The molecular weight excluding hydrogens is 636 g/mol. The summed E-state index contributed by atoms with van der Waals surface area (Å²) in [5.41, 5.74) is 6.95. The zero-order chi connectivity index (χ0) is 34.4. The number of carbonyl (C=O) groups is 3. The van der Waals surface area contributed by atoms with Crippen LogP contribution in [0.5, 0.6) is 5.75 Å². The van der Waals surface area contributed by atoms with Gasteiger partial charge in [0.15, 0.2) is 0 Å². The Morgan fingerprint density at radius 3 is 2.60 bits per heavy atom. The van der Waals surface area contributed by atoms with Gasteiger partial charge in [0.05, 0.1) is 19.3 Å². The molecule has 13 heteroatoms. The van der Waals surface area contributed by atoms with E-state index in [1.54, 1.807) is 29.1 Å². The molecule has 0 spiro atoms. The molecule has 12 nitrogen and oxygen atoms in total. The number of fused-ring (bicyclic) bond motifs is 1. The Labute approximate surface area is 279 Å². The Bertz CT molecular complexity index is 1940. The van der Waals surface area contributed by atoms with Crippen molar-refractivity contribution in [3.8, 4) is 16.9 Å². The number of aliphatic carboxylic acids is 1. The molecule has 1 aromatic heterocycles. The number of aromatic nitrogens is 2. The Morgan fingerprint density at radius 2 is 1.83 bits per heavy atom. The van der Waals surface area contributed by atoms with Crippen molar-refractivity contribution in [2.75, 3.05) is 23.8 Å². The predicted molar refractivity (Wildman–Crippen MR) is 180 cm³/mol. The van der Waals surface area contributed by atoms with Gasteiger partial charge in [-0.25, -0.2) is 4.79 Å². The summed E-state index contributed by atoms with van der Waals surface area (Å²) in [6.45, 7) is 5.49.